The molecule has 34 heavy (non-hydrogen) atoms. The van der Waals surface area contributed by atoms with Crippen molar-refractivity contribution in [3.8, 4) is 11.3 Å². The number of hydrogen-bond donors (Lipinski definition) is 1. The molecule has 1 aromatic heterocycles. The molecule has 0 radical (unpaired) electrons. The molecule has 3 aromatic carbocycles. The number of halogens is 1. The maximum Gasteiger partial charge on any atom is 0.258 e. The van der Waals surface area contributed by atoms with E-state index in [-0.39, 0.29) is 17.6 Å². The molecule has 0 aliphatic carbocycles. The maximum absolute atomic E-state index is 13.6. The van der Waals surface area contributed by atoms with Gasteiger partial charge >= 0.3 is 0 Å². The molecule has 2 amide bonds. The standard InChI is InChI=1S/C27H22FN3O3/c1-16-13-19(28)7-9-21(16)26(32)30-20-8-10-22(17(2)14-20)27(33)31-12-11-18-15-29-34-25(18)23-5-3-4-6-24(23)31/h3-10,13-15H,11-12H2,1-2H3,(H,30,32). The van der Waals surface area contributed by atoms with Gasteiger partial charge in [-0.3, -0.25) is 9.59 Å². The first-order valence-corrected chi connectivity index (χ1v) is 11.0. The zero-order valence-corrected chi connectivity index (χ0v) is 18.8. The molecule has 0 spiro atoms. The van der Waals surface area contributed by atoms with Crippen LogP contribution in [0.4, 0.5) is 15.8 Å². The molecule has 0 bridgehead atoms. The van der Waals surface area contributed by atoms with Crippen molar-refractivity contribution in [2.24, 2.45) is 0 Å². The van der Waals surface area contributed by atoms with Gasteiger partial charge in [-0.2, -0.15) is 0 Å². The lowest BCUT2D eigenvalue weighted by Crippen LogP contribution is -2.33. The van der Waals surface area contributed by atoms with Gasteiger partial charge in [-0.05, 0) is 79.9 Å². The van der Waals surface area contributed by atoms with Crippen LogP contribution in [0.2, 0.25) is 0 Å². The smallest absolute Gasteiger partial charge is 0.258 e. The summed E-state index contributed by atoms with van der Waals surface area (Å²) in [6, 6.07) is 16.9. The summed E-state index contributed by atoms with van der Waals surface area (Å²) in [6.45, 7) is 4.02. The zero-order valence-electron chi connectivity index (χ0n) is 18.8. The molecule has 0 atom stereocenters. The number of benzene rings is 3. The van der Waals surface area contributed by atoms with E-state index in [1.54, 1.807) is 36.2 Å². The molecular weight excluding hydrogens is 433 g/mol. The molecular formula is C27H22FN3O3. The first-order valence-electron chi connectivity index (χ1n) is 11.0. The molecule has 0 unspecified atom stereocenters. The van der Waals surface area contributed by atoms with Crippen LogP contribution in [0.15, 0.2) is 71.4 Å². The minimum absolute atomic E-state index is 0.129. The molecule has 5 rings (SSSR count). The van der Waals surface area contributed by atoms with Gasteiger partial charge in [0, 0.05) is 34.5 Å². The molecule has 7 heteroatoms. The van der Waals surface area contributed by atoms with E-state index in [2.05, 4.69) is 10.5 Å². The third-order valence-corrected chi connectivity index (χ3v) is 6.08. The fraction of sp³-hybridized carbons (Fsp3) is 0.148. The van der Waals surface area contributed by atoms with E-state index in [4.69, 9.17) is 4.52 Å². The minimum Gasteiger partial charge on any atom is -0.356 e. The van der Waals surface area contributed by atoms with Gasteiger partial charge in [-0.25, -0.2) is 4.39 Å². The third-order valence-electron chi connectivity index (χ3n) is 6.08. The molecule has 0 saturated heterocycles. The largest absolute Gasteiger partial charge is 0.356 e. The number of carbonyl (C=O) groups is 2. The lowest BCUT2D eigenvalue weighted by molar-refractivity contribution is 0.0985. The van der Waals surface area contributed by atoms with E-state index in [1.165, 1.54) is 18.2 Å². The quantitative estimate of drug-likeness (QED) is 0.439. The van der Waals surface area contributed by atoms with E-state index in [1.807, 2.05) is 31.2 Å². The Labute approximate surface area is 196 Å². The normalized spacial score (nSPS) is 12.5. The fourth-order valence-electron chi connectivity index (χ4n) is 4.33. The second-order valence-electron chi connectivity index (χ2n) is 8.35. The number of carbonyl (C=O) groups excluding carboxylic acids is 2. The Bertz CT molecular complexity index is 1430. The van der Waals surface area contributed by atoms with Crippen LogP contribution in [-0.4, -0.2) is 23.5 Å². The van der Waals surface area contributed by atoms with Crippen molar-refractivity contribution in [3.05, 3.63) is 100 Å². The number of rotatable bonds is 3. The van der Waals surface area contributed by atoms with E-state index >= 15 is 0 Å². The van der Waals surface area contributed by atoms with Gasteiger partial charge in [0.05, 0.1) is 11.9 Å². The van der Waals surface area contributed by atoms with Crippen LogP contribution in [0.3, 0.4) is 0 Å². The van der Waals surface area contributed by atoms with Crippen LogP contribution in [0.1, 0.15) is 37.4 Å². The highest BCUT2D eigenvalue weighted by molar-refractivity contribution is 6.10. The summed E-state index contributed by atoms with van der Waals surface area (Å²) >= 11 is 0. The van der Waals surface area contributed by atoms with E-state index in [0.29, 0.717) is 41.1 Å². The molecule has 1 aliphatic heterocycles. The van der Waals surface area contributed by atoms with Crippen molar-refractivity contribution in [1.82, 2.24) is 5.16 Å². The highest BCUT2D eigenvalue weighted by Crippen LogP contribution is 2.37. The number of anilines is 2. The number of nitrogens with zero attached hydrogens (tertiary/aromatic N) is 2. The van der Waals surface area contributed by atoms with Gasteiger partial charge in [-0.1, -0.05) is 17.3 Å². The number of hydrogen-bond acceptors (Lipinski definition) is 4. The van der Waals surface area contributed by atoms with Crippen LogP contribution in [0.5, 0.6) is 0 Å². The molecule has 170 valence electrons. The summed E-state index contributed by atoms with van der Waals surface area (Å²) in [5, 5.41) is 6.75. The van der Waals surface area contributed by atoms with E-state index < -0.39 is 0 Å². The number of para-hydroxylation sites is 1. The Morgan fingerprint density at radius 2 is 1.76 bits per heavy atom. The highest BCUT2D eigenvalue weighted by atomic mass is 19.1. The zero-order chi connectivity index (χ0) is 23.8. The number of fused-ring (bicyclic) bond motifs is 3. The Hall–Kier alpha value is -4.26. The molecule has 1 aliphatic rings. The van der Waals surface area contributed by atoms with Gasteiger partial charge in [0.2, 0.25) is 0 Å². The summed E-state index contributed by atoms with van der Waals surface area (Å²) in [4.78, 5) is 28.0. The summed E-state index contributed by atoms with van der Waals surface area (Å²) in [5.74, 6) is -0.158. The van der Waals surface area contributed by atoms with E-state index in [9.17, 15) is 14.0 Å². The van der Waals surface area contributed by atoms with Gasteiger partial charge < -0.3 is 14.7 Å². The molecule has 2 heterocycles. The summed E-state index contributed by atoms with van der Waals surface area (Å²) < 4.78 is 18.8. The number of amides is 2. The van der Waals surface area contributed by atoms with Crippen molar-refractivity contribution in [3.63, 3.8) is 0 Å². The molecule has 0 fully saturated rings. The Balaban J connectivity index is 1.41. The topological polar surface area (TPSA) is 75.4 Å². The van der Waals surface area contributed by atoms with E-state index in [0.717, 1.165) is 22.4 Å². The molecule has 1 N–H and O–H groups in total. The third kappa shape index (κ3) is 3.85. The monoisotopic (exact) mass is 455 g/mol. The molecule has 6 nitrogen and oxygen atoms in total. The van der Waals surface area contributed by atoms with Crippen LogP contribution < -0.4 is 10.2 Å². The molecule has 4 aromatic rings. The second kappa shape index (κ2) is 8.59. The van der Waals surface area contributed by atoms with Crippen molar-refractivity contribution in [2.75, 3.05) is 16.8 Å². The van der Waals surface area contributed by atoms with Crippen molar-refractivity contribution in [2.45, 2.75) is 20.3 Å². The van der Waals surface area contributed by atoms with Gasteiger partial charge in [0.15, 0.2) is 5.76 Å². The Kier molecular flexibility index (Phi) is 5.45. The summed E-state index contributed by atoms with van der Waals surface area (Å²) in [7, 11) is 0. The number of nitrogens with one attached hydrogen (secondary N) is 1. The molecule has 0 saturated carbocycles. The minimum atomic E-state index is -0.387. The second-order valence-corrected chi connectivity index (χ2v) is 8.35. The lowest BCUT2D eigenvalue weighted by Gasteiger charge is -2.24. The van der Waals surface area contributed by atoms with Crippen molar-refractivity contribution in [1.29, 1.82) is 0 Å². The maximum atomic E-state index is 13.6. The predicted molar refractivity (Wildman–Crippen MR) is 128 cm³/mol. The van der Waals surface area contributed by atoms with Crippen molar-refractivity contribution < 1.29 is 18.5 Å². The van der Waals surface area contributed by atoms with Crippen LogP contribution in [0, 0.1) is 19.7 Å². The summed E-state index contributed by atoms with van der Waals surface area (Å²) in [6.07, 6.45) is 2.33. The Morgan fingerprint density at radius 3 is 2.56 bits per heavy atom. The first-order chi connectivity index (χ1) is 16.4. The van der Waals surface area contributed by atoms with Gasteiger partial charge in [0.1, 0.15) is 5.82 Å². The summed E-state index contributed by atoms with van der Waals surface area (Å²) in [5.41, 5.74) is 5.35. The highest BCUT2D eigenvalue weighted by Gasteiger charge is 2.28. The number of aryl methyl sites for hydroxylation is 2. The fourth-order valence-corrected chi connectivity index (χ4v) is 4.33. The average Bonchev–Trinajstić information content (AvgIpc) is 3.22. The van der Waals surface area contributed by atoms with Crippen LogP contribution in [-0.2, 0) is 6.42 Å². The SMILES string of the molecule is Cc1cc(F)ccc1C(=O)Nc1ccc(C(=O)N2CCc3cnoc3-c3ccccc32)c(C)c1. The first kappa shape index (κ1) is 21.6. The average molecular weight is 455 g/mol. The van der Waals surface area contributed by atoms with Gasteiger partial charge in [-0.15, -0.1) is 0 Å². The van der Waals surface area contributed by atoms with Crippen LogP contribution >= 0.6 is 0 Å². The van der Waals surface area contributed by atoms with Crippen LogP contribution in [0.25, 0.3) is 11.3 Å². The Morgan fingerprint density at radius 1 is 1.00 bits per heavy atom. The number of aromatic nitrogens is 1. The van der Waals surface area contributed by atoms with Gasteiger partial charge in [0.25, 0.3) is 11.8 Å². The predicted octanol–water partition coefficient (Wildman–Crippen LogP) is 5.55. The van der Waals surface area contributed by atoms with Crippen molar-refractivity contribution >= 4 is 23.2 Å². The lowest BCUT2D eigenvalue weighted by atomic mass is 10.0.